The highest BCUT2D eigenvalue weighted by Crippen LogP contribution is 2.26. The van der Waals surface area contributed by atoms with Crippen LogP contribution < -0.4 is 11.3 Å². The summed E-state index contributed by atoms with van der Waals surface area (Å²) in [7, 11) is 0. The molecule has 2 aromatic carbocycles. The van der Waals surface area contributed by atoms with Crippen LogP contribution in [-0.2, 0) is 6.42 Å². The Morgan fingerprint density at radius 1 is 1.16 bits per heavy atom. The first-order valence-corrected chi connectivity index (χ1v) is 6.53. The fraction of sp³-hybridized carbons (Fsp3) is 0.200. The molecule has 0 spiro atoms. The molecular weight excluding hydrogens is 263 g/mol. The van der Waals surface area contributed by atoms with Crippen molar-refractivity contribution in [3.8, 4) is 0 Å². The highest BCUT2D eigenvalue weighted by Gasteiger charge is 2.13. The molecule has 0 aliphatic heterocycles. The van der Waals surface area contributed by atoms with Gasteiger partial charge in [0.1, 0.15) is 5.82 Å². The van der Waals surface area contributed by atoms with Crippen molar-refractivity contribution in [2.75, 3.05) is 0 Å². The Morgan fingerprint density at radius 3 is 2.53 bits per heavy atom. The number of halogens is 2. The highest BCUT2D eigenvalue weighted by atomic mass is 35.5. The molecule has 0 saturated carbocycles. The average Bonchev–Trinajstić information content (AvgIpc) is 2.42. The molecule has 0 aliphatic carbocycles. The topological polar surface area (TPSA) is 38.0 Å². The molecule has 1 unspecified atom stereocenters. The minimum atomic E-state index is -0.340. The first kappa shape index (κ1) is 14.0. The zero-order chi connectivity index (χ0) is 13.7. The Labute approximate surface area is 117 Å². The van der Waals surface area contributed by atoms with Crippen LogP contribution in [0.5, 0.6) is 0 Å². The Bertz CT molecular complexity index is 531. The van der Waals surface area contributed by atoms with Crippen molar-refractivity contribution in [1.82, 2.24) is 5.43 Å². The van der Waals surface area contributed by atoms with E-state index in [0.29, 0.717) is 5.02 Å². The molecule has 0 aliphatic rings. The molecule has 2 aromatic rings. The van der Waals surface area contributed by atoms with Gasteiger partial charge in [-0.1, -0.05) is 48.0 Å². The lowest BCUT2D eigenvalue weighted by Gasteiger charge is -2.17. The molecule has 0 saturated heterocycles. The van der Waals surface area contributed by atoms with Gasteiger partial charge in [-0.25, -0.2) is 4.39 Å². The van der Waals surface area contributed by atoms with Crippen LogP contribution in [0.15, 0.2) is 48.5 Å². The summed E-state index contributed by atoms with van der Waals surface area (Å²) < 4.78 is 13.0. The quantitative estimate of drug-likeness (QED) is 0.648. The molecular formula is C15H16ClFN2. The maximum absolute atomic E-state index is 13.0. The standard InChI is InChI=1S/C15H16ClFN2/c16-14-10-12(17)7-8-13(14)15(19-18)9-6-11-4-2-1-3-5-11/h1-5,7-8,10,15,19H,6,9,18H2. The van der Waals surface area contributed by atoms with E-state index in [2.05, 4.69) is 17.6 Å². The van der Waals surface area contributed by atoms with E-state index < -0.39 is 0 Å². The van der Waals surface area contributed by atoms with Crippen LogP contribution >= 0.6 is 11.6 Å². The summed E-state index contributed by atoms with van der Waals surface area (Å²) in [5.41, 5.74) is 4.80. The Kier molecular flexibility index (Phi) is 4.91. The van der Waals surface area contributed by atoms with E-state index in [-0.39, 0.29) is 11.9 Å². The number of hydrazine groups is 1. The van der Waals surface area contributed by atoms with Crippen LogP contribution in [0.4, 0.5) is 4.39 Å². The third-order valence-electron chi connectivity index (χ3n) is 3.10. The maximum Gasteiger partial charge on any atom is 0.124 e. The van der Waals surface area contributed by atoms with E-state index in [0.717, 1.165) is 18.4 Å². The van der Waals surface area contributed by atoms with Gasteiger partial charge in [-0.15, -0.1) is 0 Å². The first-order valence-electron chi connectivity index (χ1n) is 6.15. The maximum atomic E-state index is 13.0. The summed E-state index contributed by atoms with van der Waals surface area (Å²) in [6.07, 6.45) is 1.68. The van der Waals surface area contributed by atoms with Crippen molar-refractivity contribution in [3.63, 3.8) is 0 Å². The molecule has 0 aromatic heterocycles. The Hall–Kier alpha value is -1.42. The van der Waals surface area contributed by atoms with Gasteiger partial charge in [-0.3, -0.25) is 11.3 Å². The van der Waals surface area contributed by atoms with E-state index in [4.69, 9.17) is 17.4 Å². The second-order valence-electron chi connectivity index (χ2n) is 4.41. The molecule has 3 N–H and O–H groups in total. The summed E-state index contributed by atoms with van der Waals surface area (Å²) in [6, 6.07) is 14.4. The zero-order valence-corrected chi connectivity index (χ0v) is 11.2. The van der Waals surface area contributed by atoms with Crippen molar-refractivity contribution in [2.45, 2.75) is 18.9 Å². The number of nitrogens with two attached hydrogens (primary N) is 1. The van der Waals surface area contributed by atoms with Gasteiger partial charge in [-0.05, 0) is 36.1 Å². The van der Waals surface area contributed by atoms with Crippen molar-refractivity contribution < 1.29 is 4.39 Å². The van der Waals surface area contributed by atoms with Gasteiger partial charge in [0.15, 0.2) is 0 Å². The molecule has 0 amide bonds. The second kappa shape index (κ2) is 6.66. The lowest BCUT2D eigenvalue weighted by molar-refractivity contribution is 0.515. The van der Waals surface area contributed by atoms with Crippen LogP contribution in [-0.4, -0.2) is 0 Å². The van der Waals surface area contributed by atoms with Crippen molar-refractivity contribution >= 4 is 11.6 Å². The van der Waals surface area contributed by atoms with Gasteiger partial charge < -0.3 is 0 Å². The van der Waals surface area contributed by atoms with E-state index in [1.807, 2.05) is 18.2 Å². The lowest BCUT2D eigenvalue weighted by atomic mass is 9.99. The van der Waals surface area contributed by atoms with Crippen LogP contribution in [0, 0.1) is 5.82 Å². The molecule has 0 heterocycles. The van der Waals surface area contributed by atoms with Crippen LogP contribution in [0.3, 0.4) is 0 Å². The van der Waals surface area contributed by atoms with E-state index in [1.165, 1.54) is 17.7 Å². The minimum Gasteiger partial charge on any atom is -0.271 e. The van der Waals surface area contributed by atoms with Crippen molar-refractivity contribution in [1.29, 1.82) is 0 Å². The first-order chi connectivity index (χ1) is 9.20. The number of hydrogen-bond donors (Lipinski definition) is 2. The highest BCUT2D eigenvalue weighted by molar-refractivity contribution is 6.31. The lowest BCUT2D eigenvalue weighted by Crippen LogP contribution is -2.28. The summed E-state index contributed by atoms with van der Waals surface area (Å²) in [5.74, 6) is 5.23. The summed E-state index contributed by atoms with van der Waals surface area (Å²) in [6.45, 7) is 0. The molecule has 1 atom stereocenters. The number of benzene rings is 2. The van der Waals surface area contributed by atoms with E-state index in [9.17, 15) is 4.39 Å². The third kappa shape index (κ3) is 3.77. The fourth-order valence-corrected chi connectivity index (χ4v) is 2.37. The van der Waals surface area contributed by atoms with Gasteiger partial charge in [0.25, 0.3) is 0 Å². The zero-order valence-electron chi connectivity index (χ0n) is 10.4. The second-order valence-corrected chi connectivity index (χ2v) is 4.82. The monoisotopic (exact) mass is 278 g/mol. The summed E-state index contributed by atoms with van der Waals surface area (Å²) in [5, 5.41) is 0.399. The Morgan fingerprint density at radius 2 is 1.89 bits per heavy atom. The SMILES string of the molecule is NNC(CCc1ccccc1)c1ccc(F)cc1Cl. The van der Waals surface area contributed by atoms with Gasteiger partial charge in [0.05, 0.1) is 0 Å². The molecule has 0 radical (unpaired) electrons. The third-order valence-corrected chi connectivity index (χ3v) is 3.43. The average molecular weight is 279 g/mol. The Balaban J connectivity index is 2.08. The molecule has 19 heavy (non-hydrogen) atoms. The van der Waals surface area contributed by atoms with E-state index in [1.54, 1.807) is 6.07 Å². The van der Waals surface area contributed by atoms with Gasteiger partial charge in [0, 0.05) is 11.1 Å². The van der Waals surface area contributed by atoms with Crippen LogP contribution in [0.1, 0.15) is 23.6 Å². The predicted molar refractivity (Wildman–Crippen MR) is 76.2 cm³/mol. The molecule has 0 fully saturated rings. The van der Waals surface area contributed by atoms with Gasteiger partial charge in [-0.2, -0.15) is 0 Å². The number of rotatable bonds is 5. The molecule has 2 nitrogen and oxygen atoms in total. The molecule has 0 bridgehead atoms. The summed E-state index contributed by atoms with van der Waals surface area (Å²) in [4.78, 5) is 0. The predicted octanol–water partition coefficient (Wildman–Crippen LogP) is 3.62. The minimum absolute atomic E-state index is 0.0895. The normalized spacial score (nSPS) is 12.4. The summed E-state index contributed by atoms with van der Waals surface area (Å²) >= 11 is 6.05. The molecule has 100 valence electrons. The number of nitrogens with one attached hydrogen (secondary N) is 1. The molecule has 4 heteroatoms. The fourth-order valence-electron chi connectivity index (χ4n) is 2.07. The van der Waals surface area contributed by atoms with Crippen molar-refractivity contribution in [3.05, 3.63) is 70.5 Å². The number of hydrogen-bond acceptors (Lipinski definition) is 2. The molecule has 2 rings (SSSR count). The van der Waals surface area contributed by atoms with Gasteiger partial charge >= 0.3 is 0 Å². The smallest absolute Gasteiger partial charge is 0.124 e. The number of aryl methyl sites for hydroxylation is 1. The van der Waals surface area contributed by atoms with Gasteiger partial charge in [0.2, 0.25) is 0 Å². The van der Waals surface area contributed by atoms with Crippen LogP contribution in [0.2, 0.25) is 5.02 Å². The van der Waals surface area contributed by atoms with Crippen molar-refractivity contribution in [2.24, 2.45) is 5.84 Å². The largest absolute Gasteiger partial charge is 0.271 e. The van der Waals surface area contributed by atoms with Crippen LogP contribution in [0.25, 0.3) is 0 Å². The van der Waals surface area contributed by atoms with E-state index >= 15 is 0 Å².